The van der Waals surface area contributed by atoms with E-state index in [0.717, 1.165) is 22.7 Å². The van der Waals surface area contributed by atoms with Crippen molar-refractivity contribution >= 4 is 26.6 Å². The van der Waals surface area contributed by atoms with Crippen molar-refractivity contribution in [3.05, 3.63) is 59.1 Å². The number of aliphatic hydroxyl groups is 1. The Bertz CT molecular complexity index is 1280. The third kappa shape index (κ3) is 4.41. The number of carbonyl (C=O) groups is 1. The normalized spacial score (nSPS) is 13.8. The van der Waals surface area contributed by atoms with E-state index in [2.05, 4.69) is 0 Å². The van der Waals surface area contributed by atoms with Gasteiger partial charge in [0.15, 0.2) is 14.6 Å². The number of aliphatic hydroxyl groups excluding tert-OH is 1. The molecule has 0 radical (unpaired) electrons. The monoisotopic (exact) mass is 447 g/mol. The number of pyridine rings is 1. The molecule has 3 aromatic rings. The van der Waals surface area contributed by atoms with E-state index in [1.54, 1.807) is 12.3 Å². The molecule has 0 saturated heterocycles. The van der Waals surface area contributed by atoms with E-state index in [0.29, 0.717) is 12.1 Å². The maximum atomic E-state index is 12.6. The fourth-order valence-corrected chi connectivity index (χ4v) is 4.32. The molecule has 3 rings (SSSR count). The minimum atomic E-state index is -3.84. The lowest BCUT2D eigenvalue weighted by Crippen LogP contribution is -2.49. The third-order valence-electron chi connectivity index (χ3n) is 5.67. The second-order valence-corrected chi connectivity index (χ2v) is 10.1. The van der Waals surface area contributed by atoms with Crippen LogP contribution in [0.15, 0.2) is 53.6 Å². The summed E-state index contributed by atoms with van der Waals surface area (Å²) in [5.41, 5.74) is 3.59. The highest BCUT2D eigenvalue weighted by Crippen LogP contribution is 2.25. The molecular formula is C21H25N3O6S. The zero-order chi connectivity index (χ0) is 22.8. The van der Waals surface area contributed by atoms with Crippen molar-refractivity contribution in [2.75, 3.05) is 12.9 Å². The summed E-state index contributed by atoms with van der Waals surface area (Å²) in [4.78, 5) is 24.5. The van der Waals surface area contributed by atoms with Crippen LogP contribution in [0.25, 0.3) is 22.0 Å². The van der Waals surface area contributed by atoms with Crippen molar-refractivity contribution in [3.63, 3.8) is 0 Å². The molecule has 2 aromatic heterocycles. The van der Waals surface area contributed by atoms with E-state index in [1.807, 2.05) is 35.0 Å². The fourth-order valence-electron chi connectivity index (χ4n) is 3.47. The highest BCUT2D eigenvalue weighted by Gasteiger charge is 2.43. The Morgan fingerprint density at radius 3 is 2.35 bits per heavy atom. The van der Waals surface area contributed by atoms with E-state index in [9.17, 15) is 18.0 Å². The van der Waals surface area contributed by atoms with Gasteiger partial charge in [-0.1, -0.05) is 6.07 Å². The van der Waals surface area contributed by atoms with E-state index in [-0.39, 0.29) is 25.1 Å². The predicted molar refractivity (Wildman–Crippen MR) is 117 cm³/mol. The standard InChI is InChI=1S/C21H25N3O6S/c1-21(20(27)22-28,31(2,29)30)7-10-24-9-5-16(14-19(24)26)15-3-4-18-17(13-15)6-8-23(18)11-12-25/h3-6,8-9,13-14,25,28H,7,10-12H2,1-2H3,(H,22,27). The van der Waals surface area contributed by atoms with Crippen molar-refractivity contribution < 1.29 is 23.5 Å². The number of rotatable bonds is 8. The summed E-state index contributed by atoms with van der Waals surface area (Å²) in [7, 11) is -3.84. The van der Waals surface area contributed by atoms with E-state index in [1.165, 1.54) is 23.0 Å². The minimum Gasteiger partial charge on any atom is -0.395 e. The fraction of sp³-hybridized carbons (Fsp3) is 0.333. The van der Waals surface area contributed by atoms with Crippen molar-refractivity contribution in [1.82, 2.24) is 14.6 Å². The molecule has 0 saturated carbocycles. The Morgan fingerprint density at radius 2 is 1.74 bits per heavy atom. The Balaban J connectivity index is 1.86. The van der Waals surface area contributed by atoms with Crippen LogP contribution in [0, 0.1) is 0 Å². The van der Waals surface area contributed by atoms with Gasteiger partial charge in [0, 0.05) is 48.7 Å². The van der Waals surface area contributed by atoms with Crippen LogP contribution in [0.1, 0.15) is 13.3 Å². The highest BCUT2D eigenvalue weighted by atomic mass is 32.2. The molecule has 0 aliphatic carbocycles. The average Bonchev–Trinajstić information content (AvgIpc) is 3.13. The number of nitrogens with zero attached hydrogens (tertiary/aromatic N) is 2. The van der Waals surface area contributed by atoms with Gasteiger partial charge in [0.2, 0.25) is 0 Å². The Kier molecular flexibility index (Phi) is 6.35. The summed E-state index contributed by atoms with van der Waals surface area (Å²) in [5.74, 6) is -1.04. The molecule has 0 aliphatic heterocycles. The first-order valence-corrected chi connectivity index (χ1v) is 11.5. The molecule has 0 bridgehead atoms. The second-order valence-electron chi connectivity index (χ2n) is 7.65. The average molecular weight is 448 g/mol. The Hall–Kier alpha value is -2.95. The topological polar surface area (TPSA) is 131 Å². The first-order valence-electron chi connectivity index (χ1n) is 9.65. The van der Waals surface area contributed by atoms with Crippen molar-refractivity contribution in [2.24, 2.45) is 0 Å². The number of hydroxylamine groups is 1. The first-order chi connectivity index (χ1) is 14.6. The van der Waals surface area contributed by atoms with Gasteiger partial charge < -0.3 is 14.2 Å². The smallest absolute Gasteiger partial charge is 0.264 e. The lowest BCUT2D eigenvalue weighted by atomic mass is 10.0. The zero-order valence-corrected chi connectivity index (χ0v) is 18.1. The molecule has 0 spiro atoms. The van der Waals surface area contributed by atoms with Gasteiger partial charge in [-0.2, -0.15) is 0 Å². The van der Waals surface area contributed by atoms with Gasteiger partial charge in [0.1, 0.15) is 0 Å². The molecule has 3 N–H and O–H groups in total. The van der Waals surface area contributed by atoms with Gasteiger partial charge >= 0.3 is 0 Å². The van der Waals surface area contributed by atoms with Gasteiger partial charge in [-0.15, -0.1) is 0 Å². The summed E-state index contributed by atoms with van der Waals surface area (Å²) in [6.07, 6.45) is 4.18. The summed E-state index contributed by atoms with van der Waals surface area (Å²) < 4.78 is 25.5. The molecule has 0 fully saturated rings. The number of aryl methyl sites for hydroxylation is 1. The van der Waals surface area contributed by atoms with Crippen molar-refractivity contribution in [1.29, 1.82) is 0 Å². The molecular weight excluding hydrogens is 422 g/mol. The van der Waals surface area contributed by atoms with Gasteiger partial charge in [0.05, 0.1) is 6.61 Å². The number of hydrogen-bond acceptors (Lipinski definition) is 6. The zero-order valence-electron chi connectivity index (χ0n) is 17.3. The molecule has 1 unspecified atom stereocenters. The molecule has 166 valence electrons. The summed E-state index contributed by atoms with van der Waals surface area (Å²) in [5, 5.41) is 19.0. The van der Waals surface area contributed by atoms with Gasteiger partial charge in [-0.3, -0.25) is 14.8 Å². The number of carbonyl (C=O) groups excluding carboxylic acids is 1. The third-order valence-corrected chi connectivity index (χ3v) is 7.70. The van der Waals surface area contributed by atoms with Crippen LogP contribution in [-0.4, -0.2) is 51.4 Å². The van der Waals surface area contributed by atoms with E-state index >= 15 is 0 Å². The van der Waals surface area contributed by atoms with Gasteiger partial charge in [-0.05, 0) is 48.7 Å². The van der Waals surface area contributed by atoms with Crippen molar-refractivity contribution in [2.45, 2.75) is 31.2 Å². The molecule has 9 nitrogen and oxygen atoms in total. The highest BCUT2D eigenvalue weighted by molar-refractivity contribution is 7.92. The number of fused-ring (bicyclic) bond motifs is 1. The van der Waals surface area contributed by atoms with E-state index < -0.39 is 20.5 Å². The number of aromatic nitrogens is 2. The Morgan fingerprint density at radius 1 is 1.06 bits per heavy atom. The first kappa shape index (κ1) is 22.7. The number of benzene rings is 1. The SMILES string of the molecule is CC(CCn1ccc(-c2ccc3c(ccn3CCO)c2)cc1=O)(C(=O)NO)S(C)(=O)=O. The molecule has 2 heterocycles. The summed E-state index contributed by atoms with van der Waals surface area (Å²) in [6.45, 7) is 1.74. The van der Waals surface area contributed by atoms with Crippen LogP contribution in [0.4, 0.5) is 0 Å². The summed E-state index contributed by atoms with van der Waals surface area (Å²) >= 11 is 0. The molecule has 31 heavy (non-hydrogen) atoms. The number of hydrogen-bond donors (Lipinski definition) is 3. The predicted octanol–water partition coefficient (Wildman–Crippen LogP) is 1.16. The molecule has 0 aliphatic rings. The van der Waals surface area contributed by atoms with Crippen LogP contribution in [0.5, 0.6) is 0 Å². The van der Waals surface area contributed by atoms with Gasteiger partial charge in [0.25, 0.3) is 11.5 Å². The quantitative estimate of drug-likeness (QED) is 0.351. The maximum absolute atomic E-state index is 12.6. The van der Waals surface area contributed by atoms with Crippen LogP contribution in [0.3, 0.4) is 0 Å². The van der Waals surface area contributed by atoms with Crippen LogP contribution >= 0.6 is 0 Å². The molecule has 10 heteroatoms. The van der Waals surface area contributed by atoms with E-state index in [4.69, 9.17) is 10.3 Å². The van der Waals surface area contributed by atoms with Crippen LogP contribution in [-0.2, 0) is 27.7 Å². The van der Waals surface area contributed by atoms with Crippen LogP contribution < -0.4 is 11.0 Å². The minimum absolute atomic E-state index is 0.0147. The second kappa shape index (κ2) is 8.66. The lowest BCUT2D eigenvalue weighted by Gasteiger charge is -2.25. The van der Waals surface area contributed by atoms with Crippen molar-refractivity contribution in [3.8, 4) is 11.1 Å². The largest absolute Gasteiger partial charge is 0.395 e. The summed E-state index contributed by atoms with van der Waals surface area (Å²) in [6, 6.07) is 10.9. The number of nitrogens with one attached hydrogen (secondary N) is 1. The van der Waals surface area contributed by atoms with Crippen LogP contribution in [0.2, 0.25) is 0 Å². The molecule has 1 atom stereocenters. The van der Waals surface area contributed by atoms with Gasteiger partial charge in [-0.25, -0.2) is 13.9 Å². The lowest BCUT2D eigenvalue weighted by molar-refractivity contribution is -0.131. The Labute approximate surface area is 179 Å². The molecule has 1 aromatic carbocycles. The maximum Gasteiger partial charge on any atom is 0.264 e. The number of amides is 1. The number of sulfone groups is 1. The molecule has 1 amide bonds.